The lowest BCUT2D eigenvalue weighted by molar-refractivity contribution is 0.103. The van der Waals surface area contributed by atoms with E-state index in [4.69, 9.17) is 10.7 Å². The molecule has 6 rings (SSSR count). The molecule has 2 bridgehead atoms. The zero-order valence-corrected chi connectivity index (χ0v) is 17.6. The molecule has 5 heterocycles. The Labute approximate surface area is 175 Å². The number of hydrogen-bond acceptors (Lipinski definition) is 5. The van der Waals surface area contributed by atoms with Crippen molar-refractivity contribution in [3.63, 3.8) is 0 Å². The second-order valence-corrected chi connectivity index (χ2v) is 8.73. The van der Waals surface area contributed by atoms with Crippen LogP contribution in [0.4, 0.5) is 17.1 Å². The van der Waals surface area contributed by atoms with Gasteiger partial charge >= 0.3 is 0 Å². The van der Waals surface area contributed by atoms with Crippen LogP contribution >= 0.6 is 39.7 Å². The number of benzene rings is 1. The van der Waals surface area contributed by atoms with Gasteiger partial charge in [-0.3, -0.25) is 4.79 Å². The summed E-state index contributed by atoms with van der Waals surface area (Å²) >= 11 is 4.79. The van der Waals surface area contributed by atoms with Crippen LogP contribution in [-0.4, -0.2) is 24.0 Å². The molecule has 3 aromatic rings. The van der Waals surface area contributed by atoms with Crippen LogP contribution in [0.2, 0.25) is 0 Å². The zero-order chi connectivity index (χ0) is 17.8. The van der Waals surface area contributed by atoms with Gasteiger partial charge in [0.25, 0.3) is 5.91 Å². The number of nitrogens with zero attached hydrogens (tertiary/aromatic N) is 2. The lowest BCUT2D eigenvalue weighted by Gasteiger charge is -2.41. The maximum absolute atomic E-state index is 12.7. The van der Waals surface area contributed by atoms with E-state index >= 15 is 0 Å². The molecule has 3 aliphatic rings. The van der Waals surface area contributed by atoms with Crippen molar-refractivity contribution in [2.75, 3.05) is 29.0 Å². The Hall–Kier alpha value is -1.83. The van der Waals surface area contributed by atoms with Crippen LogP contribution in [0.25, 0.3) is 10.2 Å². The van der Waals surface area contributed by atoms with E-state index in [0.29, 0.717) is 16.5 Å². The molecular weight excluding hydrogens is 448 g/mol. The summed E-state index contributed by atoms with van der Waals surface area (Å²) in [6.07, 6.45) is 2.34. The number of carbonyl (C=O) groups excluding carboxylic acids is 1. The smallest absolute Gasteiger partial charge is 0.267 e. The highest BCUT2D eigenvalue weighted by molar-refractivity contribution is 9.10. The van der Waals surface area contributed by atoms with Gasteiger partial charge in [-0.25, -0.2) is 4.98 Å². The van der Waals surface area contributed by atoms with E-state index < -0.39 is 0 Å². The summed E-state index contributed by atoms with van der Waals surface area (Å²) in [6, 6.07) is 9.65. The fourth-order valence-electron chi connectivity index (χ4n) is 3.91. The standard InChI is InChI=1S/C19H17BrN4OS.ClH/c20-11-2-1-3-12(8-11)22-18(25)17-15(21)13-9-14-16(23-19(13)26-17)10-4-6-24(14)7-5-10;/h1-3,8-10H,4-7,21H2,(H,22,25);1H. The molecule has 1 aromatic carbocycles. The first-order valence-electron chi connectivity index (χ1n) is 8.65. The summed E-state index contributed by atoms with van der Waals surface area (Å²) in [5, 5.41) is 3.81. The summed E-state index contributed by atoms with van der Waals surface area (Å²) in [4.78, 5) is 21.4. The van der Waals surface area contributed by atoms with Crippen LogP contribution in [0, 0.1) is 0 Å². The van der Waals surface area contributed by atoms with Gasteiger partial charge in [-0.1, -0.05) is 22.0 Å². The highest BCUT2D eigenvalue weighted by Crippen LogP contribution is 2.45. The van der Waals surface area contributed by atoms with Gasteiger partial charge in [0.2, 0.25) is 0 Å². The van der Waals surface area contributed by atoms with Crippen LogP contribution < -0.4 is 16.0 Å². The number of fused-ring (bicyclic) bond motifs is 3. The Kier molecular flexibility index (Phi) is 4.78. The molecule has 3 N–H and O–H groups in total. The minimum atomic E-state index is -0.190. The van der Waals surface area contributed by atoms with Gasteiger partial charge < -0.3 is 16.0 Å². The van der Waals surface area contributed by atoms with Crippen molar-refractivity contribution in [2.45, 2.75) is 18.8 Å². The van der Waals surface area contributed by atoms with E-state index in [-0.39, 0.29) is 18.3 Å². The zero-order valence-electron chi connectivity index (χ0n) is 14.4. The summed E-state index contributed by atoms with van der Waals surface area (Å²) in [7, 11) is 0. The lowest BCUT2D eigenvalue weighted by atomic mass is 9.86. The third-order valence-corrected chi connectivity index (χ3v) is 6.85. The van der Waals surface area contributed by atoms with Gasteiger partial charge in [0.15, 0.2) is 0 Å². The van der Waals surface area contributed by atoms with E-state index in [9.17, 15) is 4.79 Å². The van der Waals surface area contributed by atoms with E-state index in [1.807, 2.05) is 24.3 Å². The number of rotatable bonds is 2. The van der Waals surface area contributed by atoms with Crippen LogP contribution in [-0.2, 0) is 0 Å². The molecule has 0 radical (unpaired) electrons. The Balaban J connectivity index is 0.00000180. The number of halogens is 2. The maximum Gasteiger partial charge on any atom is 0.267 e. The van der Waals surface area contributed by atoms with E-state index in [2.05, 4.69) is 32.2 Å². The molecule has 140 valence electrons. The molecule has 1 saturated heterocycles. The normalized spacial score (nSPS) is 15.5. The molecule has 0 spiro atoms. The van der Waals surface area contributed by atoms with Crippen molar-refractivity contribution in [3.05, 3.63) is 45.4 Å². The number of piperidine rings is 1. The second kappa shape index (κ2) is 6.96. The summed E-state index contributed by atoms with van der Waals surface area (Å²) in [5.41, 5.74) is 9.97. The third kappa shape index (κ3) is 3.07. The quantitative estimate of drug-likeness (QED) is 0.558. The predicted molar refractivity (Wildman–Crippen MR) is 118 cm³/mol. The first-order chi connectivity index (χ1) is 12.6. The summed E-state index contributed by atoms with van der Waals surface area (Å²) in [5.74, 6) is 0.353. The van der Waals surface area contributed by atoms with Gasteiger partial charge in [-0.05, 0) is 37.1 Å². The molecule has 3 aliphatic heterocycles. The minimum absolute atomic E-state index is 0. The van der Waals surface area contributed by atoms with Crippen molar-refractivity contribution in [1.29, 1.82) is 0 Å². The highest BCUT2D eigenvalue weighted by Gasteiger charge is 2.33. The van der Waals surface area contributed by atoms with Crippen molar-refractivity contribution >= 4 is 72.9 Å². The summed E-state index contributed by atoms with van der Waals surface area (Å²) < 4.78 is 0.915. The van der Waals surface area contributed by atoms with Crippen LogP contribution in [0.1, 0.15) is 34.1 Å². The number of nitrogen functional groups attached to an aromatic ring is 1. The number of thiophene rings is 1. The van der Waals surface area contributed by atoms with Crippen LogP contribution in [0.15, 0.2) is 34.8 Å². The van der Waals surface area contributed by atoms with E-state index in [1.165, 1.54) is 35.6 Å². The second-order valence-electron chi connectivity index (χ2n) is 6.82. The largest absolute Gasteiger partial charge is 0.397 e. The van der Waals surface area contributed by atoms with Gasteiger partial charge in [0.05, 0.1) is 17.1 Å². The Morgan fingerprint density at radius 3 is 2.81 bits per heavy atom. The average Bonchev–Trinajstić information content (AvgIpc) is 2.98. The van der Waals surface area contributed by atoms with Crippen molar-refractivity contribution in [2.24, 2.45) is 0 Å². The fourth-order valence-corrected chi connectivity index (χ4v) is 5.29. The minimum Gasteiger partial charge on any atom is -0.397 e. The average molecular weight is 466 g/mol. The first-order valence-corrected chi connectivity index (χ1v) is 10.3. The molecule has 1 amide bonds. The number of anilines is 3. The van der Waals surface area contributed by atoms with Crippen LogP contribution in [0.3, 0.4) is 0 Å². The maximum atomic E-state index is 12.7. The summed E-state index contributed by atoms with van der Waals surface area (Å²) in [6.45, 7) is 2.18. The number of nitrogens with two attached hydrogens (primary N) is 1. The fraction of sp³-hybridized carbons (Fsp3) is 0.263. The number of aromatic nitrogens is 1. The molecule has 8 heteroatoms. The first kappa shape index (κ1) is 18.5. The van der Waals surface area contributed by atoms with E-state index in [0.717, 1.165) is 33.5 Å². The highest BCUT2D eigenvalue weighted by atomic mass is 79.9. The van der Waals surface area contributed by atoms with Gasteiger partial charge in [0, 0.05) is 34.6 Å². The number of amides is 1. The number of hydrogen-bond donors (Lipinski definition) is 2. The SMILES string of the molecule is Cl.Nc1c(C(=O)Nc2cccc(Br)c2)sc2nc3c(cc12)N1CCC3CC1. The molecular formula is C19H18BrClN4OS. The molecule has 0 atom stereocenters. The topological polar surface area (TPSA) is 71.2 Å². The third-order valence-electron chi connectivity index (χ3n) is 5.24. The molecule has 1 fully saturated rings. The Morgan fingerprint density at radius 2 is 2.07 bits per heavy atom. The van der Waals surface area contributed by atoms with Gasteiger partial charge in [0.1, 0.15) is 9.71 Å². The van der Waals surface area contributed by atoms with Crippen molar-refractivity contribution in [3.8, 4) is 0 Å². The number of pyridine rings is 1. The van der Waals surface area contributed by atoms with Gasteiger partial charge in [-0.15, -0.1) is 23.7 Å². The van der Waals surface area contributed by atoms with E-state index in [1.54, 1.807) is 0 Å². The number of carbonyl (C=O) groups is 1. The Morgan fingerprint density at radius 1 is 1.30 bits per heavy atom. The molecule has 2 aromatic heterocycles. The molecule has 0 unspecified atom stereocenters. The lowest BCUT2D eigenvalue weighted by Crippen LogP contribution is -2.39. The molecule has 27 heavy (non-hydrogen) atoms. The van der Waals surface area contributed by atoms with Crippen LogP contribution in [0.5, 0.6) is 0 Å². The molecule has 5 nitrogen and oxygen atoms in total. The predicted octanol–water partition coefficient (Wildman–Crippen LogP) is 5.01. The molecule has 0 aliphatic carbocycles. The van der Waals surface area contributed by atoms with Gasteiger partial charge in [-0.2, -0.15) is 0 Å². The molecule has 0 saturated carbocycles. The Bertz CT molecular complexity index is 1050. The number of nitrogens with one attached hydrogen (secondary N) is 1. The van der Waals surface area contributed by atoms with Crippen molar-refractivity contribution in [1.82, 2.24) is 4.98 Å². The van der Waals surface area contributed by atoms with Crippen molar-refractivity contribution < 1.29 is 4.79 Å². The monoisotopic (exact) mass is 464 g/mol.